The maximum atomic E-state index is 4.88. The maximum Gasteiger partial charge on any atom is 0.138 e. The van der Waals surface area contributed by atoms with Crippen LogP contribution in [-0.2, 0) is 4.74 Å². The summed E-state index contributed by atoms with van der Waals surface area (Å²) >= 11 is 0. The van der Waals surface area contributed by atoms with Gasteiger partial charge >= 0.3 is 0 Å². The highest BCUT2D eigenvalue weighted by atomic mass is 16.5. The molecule has 0 aromatic rings. The van der Waals surface area contributed by atoms with E-state index in [2.05, 4.69) is 11.6 Å². The Labute approximate surface area is 48.9 Å². The molecule has 1 heterocycles. The van der Waals surface area contributed by atoms with E-state index in [1.54, 1.807) is 12.1 Å². The maximum absolute atomic E-state index is 4.88. The molecule has 1 radical (unpaired) electrons. The molecule has 0 aliphatic carbocycles. The van der Waals surface area contributed by atoms with Crippen LogP contribution in [0.15, 0.2) is 5.76 Å². The highest BCUT2D eigenvalue weighted by Gasteiger charge is 2.06. The minimum absolute atomic E-state index is 0.757. The van der Waals surface area contributed by atoms with Gasteiger partial charge in [-0.15, -0.1) is 0 Å². The van der Waals surface area contributed by atoms with Crippen molar-refractivity contribution in [3.8, 4) is 0 Å². The lowest BCUT2D eigenvalue weighted by Gasteiger charge is -2.02. The Balaban J connectivity index is 2.44. The first-order valence-corrected chi connectivity index (χ1v) is 2.46. The zero-order valence-corrected chi connectivity index (χ0v) is 5.06. The summed E-state index contributed by atoms with van der Waals surface area (Å²) in [6.45, 7) is 0.757. The summed E-state index contributed by atoms with van der Waals surface area (Å²) in [6, 6.07) is 0. The van der Waals surface area contributed by atoms with Gasteiger partial charge in [0.25, 0.3) is 0 Å². The molecule has 8 heavy (non-hydrogen) atoms. The lowest BCUT2D eigenvalue weighted by atomic mass is 10.6. The monoisotopic (exact) mass is 113 g/mol. The van der Waals surface area contributed by atoms with Crippen molar-refractivity contribution in [2.45, 2.75) is 0 Å². The van der Waals surface area contributed by atoms with Crippen molar-refractivity contribution in [2.75, 3.05) is 20.7 Å². The molecule has 0 aromatic heterocycles. The molecule has 0 unspecified atom stereocenters. The summed E-state index contributed by atoms with van der Waals surface area (Å²) in [5.74, 6) is 0.854. The van der Waals surface area contributed by atoms with Crippen LogP contribution < -0.4 is 5.43 Å². The third-order valence-corrected chi connectivity index (χ3v) is 1.02. The number of ether oxygens (including phenoxy) is 1. The van der Waals surface area contributed by atoms with Gasteiger partial charge in [0.1, 0.15) is 12.0 Å². The van der Waals surface area contributed by atoms with Gasteiger partial charge in [-0.3, -0.25) is 0 Å². The number of hydrogen-bond donors (Lipinski definition) is 1. The van der Waals surface area contributed by atoms with Gasteiger partial charge in [-0.25, -0.2) is 5.43 Å². The zero-order chi connectivity index (χ0) is 5.98. The fourth-order valence-corrected chi connectivity index (χ4v) is 0.574. The number of methoxy groups -OCH3 is 1. The Morgan fingerprint density at radius 3 is 2.88 bits per heavy atom. The van der Waals surface area contributed by atoms with Crippen molar-refractivity contribution in [3.63, 3.8) is 0 Å². The minimum Gasteiger partial charge on any atom is -0.497 e. The molecule has 0 fully saturated rings. The normalized spacial score (nSPS) is 18.8. The number of rotatable bonds is 1. The molecule has 45 valence electrons. The van der Waals surface area contributed by atoms with Gasteiger partial charge < -0.3 is 9.75 Å². The Morgan fingerprint density at radius 1 is 1.88 bits per heavy atom. The summed E-state index contributed by atoms with van der Waals surface area (Å²) in [4.78, 5) is 0. The van der Waals surface area contributed by atoms with Gasteiger partial charge in [-0.05, 0) is 0 Å². The molecular formula is C5H9N2O. The second-order valence-corrected chi connectivity index (χ2v) is 1.63. The van der Waals surface area contributed by atoms with E-state index >= 15 is 0 Å². The summed E-state index contributed by atoms with van der Waals surface area (Å²) in [5, 5.41) is 1.75. The van der Waals surface area contributed by atoms with Crippen LogP contribution in [0.2, 0.25) is 0 Å². The van der Waals surface area contributed by atoms with E-state index in [1.807, 2.05) is 7.05 Å². The molecule has 1 aliphatic heterocycles. The minimum atomic E-state index is 0.757. The predicted molar refractivity (Wildman–Crippen MR) is 29.5 cm³/mol. The molecule has 0 saturated heterocycles. The Morgan fingerprint density at radius 2 is 2.62 bits per heavy atom. The van der Waals surface area contributed by atoms with Gasteiger partial charge in [0, 0.05) is 7.05 Å². The Bertz CT molecular complexity index is 111. The Hall–Kier alpha value is -0.700. The average molecular weight is 113 g/mol. The summed E-state index contributed by atoms with van der Waals surface area (Å²) < 4.78 is 4.88. The van der Waals surface area contributed by atoms with E-state index < -0.39 is 0 Å². The summed E-state index contributed by atoms with van der Waals surface area (Å²) in [5.41, 5.74) is 2.98. The van der Waals surface area contributed by atoms with E-state index in [9.17, 15) is 0 Å². The number of nitrogens with zero attached hydrogens (tertiary/aromatic N) is 1. The highest BCUT2D eigenvalue weighted by molar-refractivity contribution is 4.92. The predicted octanol–water partition coefficient (Wildman–Crippen LogP) is -0.273. The molecule has 0 spiro atoms. The van der Waals surface area contributed by atoms with Crippen LogP contribution in [0.3, 0.4) is 0 Å². The lowest BCUT2D eigenvalue weighted by molar-refractivity contribution is 0.286. The van der Waals surface area contributed by atoms with Crippen LogP contribution in [0.1, 0.15) is 0 Å². The second-order valence-electron chi connectivity index (χ2n) is 1.63. The molecule has 1 N–H and O–H groups in total. The van der Waals surface area contributed by atoms with Gasteiger partial charge in [-0.2, -0.15) is 0 Å². The molecule has 0 amide bonds. The van der Waals surface area contributed by atoms with Crippen molar-refractivity contribution in [3.05, 3.63) is 12.0 Å². The van der Waals surface area contributed by atoms with Crippen LogP contribution in [0, 0.1) is 6.20 Å². The van der Waals surface area contributed by atoms with Crippen LogP contribution in [0.4, 0.5) is 0 Å². The molecule has 0 atom stereocenters. The van der Waals surface area contributed by atoms with E-state index in [-0.39, 0.29) is 0 Å². The standard InChI is InChI=1S/C5H9N2O/c1-7-4-5(8-2)3-6-7/h6H,3H2,1-2H3. The fourth-order valence-electron chi connectivity index (χ4n) is 0.574. The van der Waals surface area contributed by atoms with E-state index in [1.165, 1.54) is 0 Å². The zero-order valence-electron chi connectivity index (χ0n) is 5.06. The Kier molecular flexibility index (Phi) is 1.39. The smallest absolute Gasteiger partial charge is 0.138 e. The van der Waals surface area contributed by atoms with Crippen molar-refractivity contribution in [2.24, 2.45) is 0 Å². The van der Waals surface area contributed by atoms with E-state index in [4.69, 9.17) is 4.74 Å². The quantitative estimate of drug-likeness (QED) is 0.506. The first-order chi connectivity index (χ1) is 3.83. The van der Waals surface area contributed by atoms with Gasteiger partial charge in [0.05, 0.1) is 13.7 Å². The van der Waals surface area contributed by atoms with Crippen molar-refractivity contribution in [1.29, 1.82) is 0 Å². The molecule has 0 saturated carbocycles. The number of hydrazine groups is 1. The van der Waals surface area contributed by atoms with Gasteiger partial charge in [0.2, 0.25) is 0 Å². The third kappa shape index (κ3) is 0.924. The first kappa shape index (κ1) is 5.44. The first-order valence-electron chi connectivity index (χ1n) is 2.46. The molecular weight excluding hydrogens is 104 g/mol. The second kappa shape index (κ2) is 2.05. The highest BCUT2D eigenvalue weighted by Crippen LogP contribution is 1.99. The number of hydrogen-bond acceptors (Lipinski definition) is 3. The topological polar surface area (TPSA) is 24.5 Å². The summed E-state index contributed by atoms with van der Waals surface area (Å²) in [6.07, 6.45) is 2.92. The van der Waals surface area contributed by atoms with Crippen molar-refractivity contribution in [1.82, 2.24) is 10.4 Å². The van der Waals surface area contributed by atoms with Crippen molar-refractivity contribution < 1.29 is 4.74 Å². The average Bonchev–Trinajstić information content (AvgIpc) is 2.14. The third-order valence-electron chi connectivity index (χ3n) is 1.02. The lowest BCUT2D eigenvalue weighted by Crippen LogP contribution is -2.24. The van der Waals surface area contributed by atoms with Gasteiger partial charge in [-0.1, -0.05) is 0 Å². The van der Waals surface area contributed by atoms with E-state index in [0.717, 1.165) is 12.3 Å². The molecule has 0 bridgehead atoms. The van der Waals surface area contributed by atoms with Crippen LogP contribution in [0.25, 0.3) is 0 Å². The largest absolute Gasteiger partial charge is 0.497 e. The molecule has 3 heteroatoms. The van der Waals surface area contributed by atoms with E-state index in [0.29, 0.717) is 0 Å². The fraction of sp³-hybridized carbons (Fsp3) is 0.600. The molecule has 1 rings (SSSR count). The SMILES string of the molecule is COC1=[C]N(C)NC1. The molecule has 0 aromatic carbocycles. The van der Waals surface area contributed by atoms with Crippen molar-refractivity contribution >= 4 is 0 Å². The van der Waals surface area contributed by atoms with Crippen LogP contribution in [0.5, 0.6) is 0 Å². The summed E-state index contributed by atoms with van der Waals surface area (Å²) in [7, 11) is 3.52. The molecule has 1 aliphatic rings. The number of nitrogens with one attached hydrogen (secondary N) is 1. The van der Waals surface area contributed by atoms with Gasteiger partial charge in [0.15, 0.2) is 0 Å². The van der Waals surface area contributed by atoms with Crippen LogP contribution >= 0.6 is 0 Å². The van der Waals surface area contributed by atoms with Crippen LogP contribution in [-0.4, -0.2) is 25.7 Å². The molecule has 3 nitrogen and oxygen atoms in total.